The van der Waals surface area contributed by atoms with E-state index in [-0.39, 0.29) is 5.83 Å². The number of aromatic nitrogens is 3. The minimum atomic E-state index is -0.630. The number of H-pyrrole nitrogens is 1. The molecule has 3 saturated carbocycles. The molecule has 0 aromatic carbocycles. The number of hydrogen-bond acceptors (Lipinski definition) is 6. The second-order valence-electron chi connectivity index (χ2n) is 9.03. The Morgan fingerprint density at radius 2 is 2.06 bits per heavy atom. The number of thiophene rings is 1. The number of nitrogens with zero attached hydrogens (tertiary/aromatic N) is 3. The molecule has 3 fully saturated rings. The van der Waals surface area contributed by atoms with Crippen molar-refractivity contribution in [1.29, 1.82) is 0 Å². The first-order valence-electron chi connectivity index (χ1n) is 11.1. The van der Waals surface area contributed by atoms with Crippen LogP contribution < -0.4 is 10.6 Å². The predicted octanol–water partition coefficient (Wildman–Crippen LogP) is 5.16. The van der Waals surface area contributed by atoms with E-state index in [0.29, 0.717) is 39.8 Å². The van der Waals surface area contributed by atoms with Gasteiger partial charge in [0.1, 0.15) is 28.4 Å². The van der Waals surface area contributed by atoms with Gasteiger partial charge < -0.3 is 10.3 Å². The van der Waals surface area contributed by atoms with Crippen LogP contribution in [0.2, 0.25) is 5.15 Å². The average molecular weight is 471 g/mol. The summed E-state index contributed by atoms with van der Waals surface area (Å²) in [6.45, 7) is 2.02. The fourth-order valence-electron chi connectivity index (χ4n) is 5.37. The van der Waals surface area contributed by atoms with Crippen LogP contribution in [0.3, 0.4) is 0 Å². The fourth-order valence-corrected chi connectivity index (χ4v) is 6.36. The van der Waals surface area contributed by atoms with E-state index >= 15 is 4.39 Å². The molecule has 4 heterocycles. The van der Waals surface area contributed by atoms with Crippen molar-refractivity contribution in [3.05, 3.63) is 50.8 Å². The number of aryl methyl sites for hydroxylation is 1. The summed E-state index contributed by atoms with van der Waals surface area (Å²) in [5, 5.41) is 7.24. The highest BCUT2D eigenvalue weighted by Crippen LogP contribution is 2.42. The molecule has 9 heteroatoms. The second kappa shape index (κ2) is 7.93. The lowest BCUT2D eigenvalue weighted by atomic mass is 9.68. The SMILES string of the molecule is Cc1ccc(C2=C(F)C(NC3CC4CCC3CC4)NC(c3c[nH]c4nc(Cl)cnc34)=N2)s1. The number of halogens is 2. The fraction of sp³-hybridized carbons (Fsp3) is 0.435. The van der Waals surface area contributed by atoms with Crippen LogP contribution in [-0.2, 0) is 0 Å². The zero-order valence-electron chi connectivity index (χ0n) is 17.7. The topological polar surface area (TPSA) is 78.0 Å². The monoisotopic (exact) mass is 470 g/mol. The van der Waals surface area contributed by atoms with Crippen molar-refractivity contribution < 1.29 is 4.39 Å². The Kier molecular flexibility index (Phi) is 5.04. The minimum Gasteiger partial charge on any atom is -0.348 e. The van der Waals surface area contributed by atoms with Gasteiger partial charge in [0, 0.05) is 17.1 Å². The maximum Gasteiger partial charge on any atom is 0.164 e. The Morgan fingerprint density at radius 3 is 2.78 bits per heavy atom. The molecule has 3 aromatic heterocycles. The van der Waals surface area contributed by atoms with Crippen LogP contribution in [0.25, 0.3) is 16.9 Å². The van der Waals surface area contributed by atoms with Crippen LogP contribution in [0, 0.1) is 18.8 Å². The van der Waals surface area contributed by atoms with Gasteiger partial charge in [-0.05, 0) is 50.2 Å². The van der Waals surface area contributed by atoms with E-state index in [1.807, 2.05) is 19.1 Å². The highest BCUT2D eigenvalue weighted by atomic mass is 35.5. The van der Waals surface area contributed by atoms with Crippen LogP contribution in [0.4, 0.5) is 4.39 Å². The molecule has 7 rings (SSSR count). The number of nitrogens with one attached hydrogen (secondary N) is 3. The molecule has 4 aliphatic rings. The molecule has 6 nitrogen and oxygen atoms in total. The lowest BCUT2D eigenvalue weighted by Gasteiger charge is -2.44. The van der Waals surface area contributed by atoms with Gasteiger partial charge in [-0.3, -0.25) is 5.32 Å². The third-order valence-corrected chi connectivity index (χ3v) is 8.18. The molecular formula is C23H24ClFN6S. The molecule has 0 spiro atoms. The number of aromatic amines is 1. The highest BCUT2D eigenvalue weighted by molar-refractivity contribution is 7.13. The van der Waals surface area contributed by atoms with Gasteiger partial charge in [-0.15, -0.1) is 11.3 Å². The van der Waals surface area contributed by atoms with Crippen molar-refractivity contribution in [2.24, 2.45) is 16.8 Å². The Hall–Kier alpha value is -2.29. The van der Waals surface area contributed by atoms with Gasteiger partial charge in [-0.1, -0.05) is 24.4 Å². The summed E-state index contributed by atoms with van der Waals surface area (Å²) in [7, 11) is 0. The molecule has 166 valence electrons. The van der Waals surface area contributed by atoms with Gasteiger partial charge >= 0.3 is 0 Å². The second-order valence-corrected chi connectivity index (χ2v) is 10.7. The zero-order chi connectivity index (χ0) is 21.8. The molecule has 32 heavy (non-hydrogen) atoms. The Morgan fingerprint density at radius 1 is 1.22 bits per heavy atom. The first kappa shape index (κ1) is 20.3. The summed E-state index contributed by atoms with van der Waals surface area (Å²) >= 11 is 7.55. The van der Waals surface area contributed by atoms with Crippen LogP contribution in [0.15, 0.2) is 35.3 Å². The molecule has 2 atom stereocenters. The number of fused-ring (bicyclic) bond motifs is 4. The summed E-state index contributed by atoms with van der Waals surface area (Å²) in [5.41, 5.74) is 2.36. The van der Waals surface area contributed by atoms with Crippen molar-refractivity contribution in [3.8, 4) is 0 Å². The summed E-state index contributed by atoms with van der Waals surface area (Å²) < 4.78 is 15.8. The van der Waals surface area contributed by atoms with Crippen molar-refractivity contribution >= 4 is 45.6 Å². The lowest BCUT2D eigenvalue weighted by Crippen LogP contribution is -2.56. The third kappa shape index (κ3) is 3.54. The van der Waals surface area contributed by atoms with Gasteiger partial charge in [0.25, 0.3) is 0 Å². The van der Waals surface area contributed by atoms with Crippen LogP contribution in [-0.4, -0.2) is 33.0 Å². The molecule has 0 amide bonds. The normalized spacial score (nSPS) is 27.7. The third-order valence-electron chi connectivity index (χ3n) is 6.99. The van der Waals surface area contributed by atoms with Gasteiger partial charge in [0.15, 0.2) is 11.5 Å². The molecule has 3 N–H and O–H groups in total. The lowest BCUT2D eigenvalue weighted by molar-refractivity contribution is 0.115. The molecule has 3 aliphatic carbocycles. The van der Waals surface area contributed by atoms with E-state index in [9.17, 15) is 0 Å². The first-order chi connectivity index (χ1) is 15.5. The van der Waals surface area contributed by atoms with E-state index in [2.05, 4.69) is 25.6 Å². The number of aliphatic imine (C=N–C) groups is 1. The Balaban J connectivity index is 1.39. The maximum atomic E-state index is 15.8. The van der Waals surface area contributed by atoms with E-state index < -0.39 is 6.17 Å². The van der Waals surface area contributed by atoms with Crippen molar-refractivity contribution in [2.75, 3.05) is 0 Å². The Bertz CT molecular complexity index is 1240. The zero-order valence-corrected chi connectivity index (χ0v) is 19.2. The van der Waals surface area contributed by atoms with Crippen LogP contribution >= 0.6 is 22.9 Å². The summed E-state index contributed by atoms with van der Waals surface area (Å²) in [6.07, 6.45) is 8.88. The quantitative estimate of drug-likeness (QED) is 0.492. The largest absolute Gasteiger partial charge is 0.348 e. The highest BCUT2D eigenvalue weighted by Gasteiger charge is 2.38. The van der Waals surface area contributed by atoms with Crippen molar-refractivity contribution in [2.45, 2.75) is 51.2 Å². The van der Waals surface area contributed by atoms with E-state index in [4.69, 9.17) is 16.6 Å². The standard InChI is InChI=1S/C23H24ClFN6S/c1-11-2-7-16(32-11)20-18(25)22(28-15-8-12-3-5-13(15)6-4-12)31-21(30-20)14-9-27-23-19(14)26-10-17(24)29-23/h2,7,9-10,12-13,15,22,28H,3-6,8H2,1H3,(H,27,29)(H,30,31). The minimum absolute atomic E-state index is 0.258. The van der Waals surface area contributed by atoms with Gasteiger partial charge in [-0.2, -0.15) is 0 Å². The summed E-state index contributed by atoms with van der Waals surface area (Å²) in [5.74, 6) is 1.69. The van der Waals surface area contributed by atoms with Crippen molar-refractivity contribution in [1.82, 2.24) is 25.6 Å². The maximum absolute atomic E-state index is 15.8. The molecule has 1 aliphatic heterocycles. The molecular weight excluding hydrogens is 447 g/mol. The van der Waals surface area contributed by atoms with E-state index in [0.717, 1.165) is 27.7 Å². The number of hydrogen-bond donors (Lipinski definition) is 3. The van der Waals surface area contributed by atoms with Crippen LogP contribution in [0.5, 0.6) is 0 Å². The number of rotatable bonds is 4. The molecule has 3 aromatic rings. The van der Waals surface area contributed by atoms with E-state index in [1.54, 1.807) is 17.5 Å². The van der Waals surface area contributed by atoms with Gasteiger partial charge in [-0.25, -0.2) is 19.4 Å². The van der Waals surface area contributed by atoms with Crippen molar-refractivity contribution in [3.63, 3.8) is 0 Å². The van der Waals surface area contributed by atoms with Crippen LogP contribution in [0.1, 0.15) is 47.4 Å². The summed E-state index contributed by atoms with van der Waals surface area (Å²) in [4.78, 5) is 18.5. The van der Waals surface area contributed by atoms with Gasteiger partial charge in [0.2, 0.25) is 0 Å². The van der Waals surface area contributed by atoms with E-state index in [1.165, 1.54) is 31.9 Å². The molecule has 2 bridgehead atoms. The molecule has 2 unspecified atom stereocenters. The summed E-state index contributed by atoms with van der Waals surface area (Å²) in [6, 6.07) is 4.26. The average Bonchev–Trinajstić information content (AvgIpc) is 3.42. The molecule has 0 radical (unpaired) electrons. The smallest absolute Gasteiger partial charge is 0.164 e. The first-order valence-corrected chi connectivity index (χ1v) is 12.3. The predicted molar refractivity (Wildman–Crippen MR) is 126 cm³/mol. The number of amidine groups is 1. The molecule has 0 saturated heterocycles. The Labute approximate surface area is 194 Å². The van der Waals surface area contributed by atoms with Gasteiger partial charge in [0.05, 0.1) is 16.6 Å².